The molecule has 0 bridgehead atoms. The largest absolute Gasteiger partial charge is 0.352 e. The lowest BCUT2D eigenvalue weighted by Gasteiger charge is -2.20. The number of anilines is 1. The Balaban J connectivity index is 2.71. The second kappa shape index (κ2) is 5.12. The van der Waals surface area contributed by atoms with Crippen molar-refractivity contribution >= 4 is 11.9 Å². The molecule has 1 heterocycles. The van der Waals surface area contributed by atoms with Crippen LogP contribution in [0, 0.1) is 0 Å². The van der Waals surface area contributed by atoms with Crippen LogP contribution in [0.15, 0.2) is 12.4 Å². The number of hydrogen-bond acceptors (Lipinski definition) is 4. The Bertz CT molecular complexity index is 378. The summed E-state index contributed by atoms with van der Waals surface area (Å²) in [6.07, 6.45) is 3.05. The average Bonchev–Trinajstić information content (AvgIpc) is 2.15. The van der Waals surface area contributed by atoms with Crippen LogP contribution >= 0.6 is 0 Å². The molecule has 5 nitrogen and oxygen atoms in total. The zero-order valence-electron chi connectivity index (χ0n) is 11.0. The Morgan fingerprint density at radius 2 is 1.76 bits per heavy atom. The van der Waals surface area contributed by atoms with Crippen molar-refractivity contribution in [3.05, 3.63) is 18.0 Å². The van der Waals surface area contributed by atoms with E-state index < -0.39 is 0 Å². The highest BCUT2D eigenvalue weighted by atomic mass is 16.1. The third kappa shape index (κ3) is 4.80. The van der Waals surface area contributed by atoms with Crippen molar-refractivity contribution in [2.45, 2.75) is 46.2 Å². The molecule has 0 unspecified atom stereocenters. The van der Waals surface area contributed by atoms with Gasteiger partial charge in [-0.05, 0) is 34.6 Å². The molecule has 5 heteroatoms. The average molecular weight is 236 g/mol. The van der Waals surface area contributed by atoms with Gasteiger partial charge >= 0.3 is 0 Å². The molecule has 0 atom stereocenters. The van der Waals surface area contributed by atoms with Crippen molar-refractivity contribution in [2.75, 3.05) is 5.32 Å². The molecule has 0 aliphatic rings. The minimum atomic E-state index is -0.258. The van der Waals surface area contributed by atoms with Crippen LogP contribution in [-0.4, -0.2) is 27.5 Å². The first kappa shape index (κ1) is 13.4. The van der Waals surface area contributed by atoms with Gasteiger partial charge in [0.1, 0.15) is 0 Å². The first-order chi connectivity index (χ1) is 7.78. The molecule has 0 aromatic carbocycles. The molecular weight excluding hydrogens is 216 g/mol. The fourth-order valence-corrected chi connectivity index (χ4v) is 1.19. The SMILES string of the molecule is CC(C)Nc1ncc(C(=O)NC(C)(C)C)cn1. The van der Waals surface area contributed by atoms with Crippen molar-refractivity contribution < 1.29 is 4.79 Å². The number of carbonyl (C=O) groups is 1. The summed E-state index contributed by atoms with van der Waals surface area (Å²) in [6, 6.07) is 0.268. The summed E-state index contributed by atoms with van der Waals surface area (Å²) in [7, 11) is 0. The van der Waals surface area contributed by atoms with E-state index in [1.165, 1.54) is 12.4 Å². The fraction of sp³-hybridized carbons (Fsp3) is 0.583. The van der Waals surface area contributed by atoms with Crippen LogP contribution in [0.3, 0.4) is 0 Å². The molecule has 1 amide bonds. The zero-order chi connectivity index (χ0) is 13.1. The lowest BCUT2D eigenvalue weighted by Crippen LogP contribution is -2.40. The maximum absolute atomic E-state index is 11.8. The van der Waals surface area contributed by atoms with Crippen LogP contribution in [0.4, 0.5) is 5.95 Å². The predicted molar refractivity (Wildman–Crippen MR) is 68.0 cm³/mol. The van der Waals surface area contributed by atoms with E-state index in [-0.39, 0.29) is 17.5 Å². The number of hydrogen-bond donors (Lipinski definition) is 2. The molecule has 2 N–H and O–H groups in total. The van der Waals surface area contributed by atoms with Gasteiger partial charge in [0.2, 0.25) is 5.95 Å². The van der Waals surface area contributed by atoms with E-state index in [1.54, 1.807) is 0 Å². The molecule has 0 fully saturated rings. The summed E-state index contributed by atoms with van der Waals surface area (Å²) in [5, 5.41) is 5.92. The summed E-state index contributed by atoms with van der Waals surface area (Å²) in [5.74, 6) is 0.376. The zero-order valence-corrected chi connectivity index (χ0v) is 11.0. The molecule has 1 aromatic rings. The van der Waals surface area contributed by atoms with Gasteiger partial charge in [-0.25, -0.2) is 9.97 Å². The third-order valence-corrected chi connectivity index (χ3v) is 1.82. The Kier molecular flexibility index (Phi) is 4.04. The van der Waals surface area contributed by atoms with Crippen LogP contribution in [0.1, 0.15) is 45.0 Å². The van der Waals surface area contributed by atoms with Gasteiger partial charge in [-0.1, -0.05) is 0 Å². The number of carbonyl (C=O) groups excluding carboxylic acids is 1. The molecule has 0 saturated heterocycles. The molecule has 1 aromatic heterocycles. The summed E-state index contributed by atoms with van der Waals surface area (Å²) < 4.78 is 0. The highest BCUT2D eigenvalue weighted by Crippen LogP contribution is 2.05. The molecule has 0 aliphatic heterocycles. The molecular formula is C12H20N4O. The number of amides is 1. The van der Waals surface area contributed by atoms with Gasteiger partial charge in [0.25, 0.3) is 5.91 Å². The van der Waals surface area contributed by atoms with Crippen LogP contribution in [0.5, 0.6) is 0 Å². The normalized spacial score (nSPS) is 11.4. The van der Waals surface area contributed by atoms with Gasteiger partial charge in [-0.15, -0.1) is 0 Å². The highest BCUT2D eigenvalue weighted by Gasteiger charge is 2.15. The summed E-state index contributed by atoms with van der Waals surface area (Å²) >= 11 is 0. The molecule has 0 spiro atoms. The van der Waals surface area contributed by atoms with Gasteiger partial charge in [0.05, 0.1) is 5.56 Å². The predicted octanol–water partition coefficient (Wildman–Crippen LogP) is 1.83. The second-order valence-corrected chi connectivity index (χ2v) is 5.30. The monoisotopic (exact) mass is 236 g/mol. The molecule has 17 heavy (non-hydrogen) atoms. The van der Waals surface area contributed by atoms with E-state index in [1.807, 2.05) is 34.6 Å². The van der Waals surface area contributed by atoms with Gasteiger partial charge in [-0.2, -0.15) is 0 Å². The van der Waals surface area contributed by atoms with Crippen molar-refractivity contribution in [1.29, 1.82) is 0 Å². The topological polar surface area (TPSA) is 66.9 Å². The van der Waals surface area contributed by atoms with Crippen LogP contribution < -0.4 is 10.6 Å². The van der Waals surface area contributed by atoms with E-state index in [0.29, 0.717) is 11.5 Å². The molecule has 94 valence electrons. The minimum absolute atomic E-state index is 0.159. The summed E-state index contributed by atoms with van der Waals surface area (Å²) in [6.45, 7) is 9.80. The second-order valence-electron chi connectivity index (χ2n) is 5.30. The van der Waals surface area contributed by atoms with Gasteiger partial charge < -0.3 is 10.6 Å². The van der Waals surface area contributed by atoms with Gasteiger partial charge in [0.15, 0.2) is 0 Å². The molecule has 1 rings (SSSR count). The number of aromatic nitrogens is 2. The number of nitrogens with one attached hydrogen (secondary N) is 2. The number of nitrogens with zero attached hydrogens (tertiary/aromatic N) is 2. The standard InChI is InChI=1S/C12H20N4O/c1-8(2)15-11-13-6-9(7-14-11)10(17)16-12(3,4)5/h6-8H,1-5H3,(H,16,17)(H,13,14,15). The van der Waals surface area contributed by atoms with E-state index in [2.05, 4.69) is 20.6 Å². The number of rotatable bonds is 3. The van der Waals surface area contributed by atoms with E-state index >= 15 is 0 Å². The Labute approximate surface area is 102 Å². The quantitative estimate of drug-likeness (QED) is 0.840. The Morgan fingerprint density at radius 1 is 1.24 bits per heavy atom. The molecule has 0 radical (unpaired) electrons. The first-order valence-corrected chi connectivity index (χ1v) is 5.69. The highest BCUT2D eigenvalue weighted by molar-refractivity contribution is 5.94. The Morgan fingerprint density at radius 3 is 2.18 bits per heavy atom. The summed E-state index contributed by atoms with van der Waals surface area (Å²) in [4.78, 5) is 20.0. The first-order valence-electron chi connectivity index (χ1n) is 5.69. The molecule has 0 saturated carbocycles. The summed E-state index contributed by atoms with van der Waals surface area (Å²) in [5.41, 5.74) is 0.209. The molecule has 0 aliphatic carbocycles. The van der Waals surface area contributed by atoms with E-state index in [9.17, 15) is 4.79 Å². The lowest BCUT2D eigenvalue weighted by molar-refractivity contribution is 0.0919. The lowest BCUT2D eigenvalue weighted by atomic mass is 10.1. The minimum Gasteiger partial charge on any atom is -0.352 e. The van der Waals surface area contributed by atoms with Gasteiger partial charge in [-0.3, -0.25) is 4.79 Å². The Hall–Kier alpha value is -1.65. The van der Waals surface area contributed by atoms with Crippen LogP contribution in [0.25, 0.3) is 0 Å². The van der Waals surface area contributed by atoms with Crippen LogP contribution in [0.2, 0.25) is 0 Å². The van der Waals surface area contributed by atoms with Crippen LogP contribution in [-0.2, 0) is 0 Å². The maximum atomic E-state index is 11.8. The van der Waals surface area contributed by atoms with E-state index in [4.69, 9.17) is 0 Å². The smallest absolute Gasteiger partial charge is 0.254 e. The fourth-order valence-electron chi connectivity index (χ4n) is 1.19. The van der Waals surface area contributed by atoms with Gasteiger partial charge in [0, 0.05) is 24.0 Å². The van der Waals surface area contributed by atoms with E-state index in [0.717, 1.165) is 0 Å². The van der Waals surface area contributed by atoms with Crippen molar-refractivity contribution in [3.8, 4) is 0 Å². The van der Waals surface area contributed by atoms with Crippen molar-refractivity contribution in [2.24, 2.45) is 0 Å². The third-order valence-electron chi connectivity index (χ3n) is 1.82. The van der Waals surface area contributed by atoms with Crippen molar-refractivity contribution in [1.82, 2.24) is 15.3 Å². The maximum Gasteiger partial charge on any atom is 0.254 e. The van der Waals surface area contributed by atoms with Crippen molar-refractivity contribution in [3.63, 3.8) is 0 Å².